The van der Waals surface area contributed by atoms with E-state index in [2.05, 4.69) is 32.9 Å². The lowest BCUT2D eigenvalue weighted by atomic mass is 9.91. The zero-order valence-corrected chi connectivity index (χ0v) is 10.6. The molecule has 1 aliphatic heterocycles. The summed E-state index contributed by atoms with van der Waals surface area (Å²) in [6.45, 7) is 6.30. The molecule has 1 saturated heterocycles. The summed E-state index contributed by atoms with van der Waals surface area (Å²) in [7, 11) is 0. The molecule has 17 heavy (non-hydrogen) atoms. The van der Waals surface area contributed by atoms with Crippen molar-refractivity contribution in [3.05, 3.63) is 41.2 Å². The molecule has 2 nitrogen and oxygen atoms in total. The first-order valence-electron chi connectivity index (χ1n) is 6.05. The van der Waals surface area contributed by atoms with E-state index in [1.807, 2.05) is 18.2 Å². The summed E-state index contributed by atoms with van der Waals surface area (Å²) < 4.78 is 5.29. The van der Waals surface area contributed by atoms with E-state index >= 15 is 0 Å². The molecule has 0 amide bonds. The van der Waals surface area contributed by atoms with Gasteiger partial charge in [-0.3, -0.25) is 4.79 Å². The van der Waals surface area contributed by atoms with E-state index in [-0.39, 0.29) is 11.9 Å². The minimum absolute atomic E-state index is 0.109. The predicted octanol–water partition coefficient (Wildman–Crippen LogP) is 3.56. The number of carbonyl (C=O) groups is 1. The minimum Gasteiger partial charge on any atom is -0.431 e. The highest BCUT2D eigenvalue weighted by Gasteiger charge is 2.31. The van der Waals surface area contributed by atoms with Crippen molar-refractivity contribution in [1.29, 1.82) is 0 Å². The number of esters is 1. The van der Waals surface area contributed by atoms with Crippen molar-refractivity contribution in [3.63, 3.8) is 0 Å². The first-order chi connectivity index (χ1) is 8.06. The highest BCUT2D eigenvalue weighted by Crippen LogP contribution is 2.33. The van der Waals surface area contributed by atoms with Gasteiger partial charge in [0.05, 0.1) is 6.42 Å². The third-order valence-corrected chi connectivity index (χ3v) is 3.17. The molecule has 0 saturated carbocycles. The second kappa shape index (κ2) is 4.74. The highest BCUT2D eigenvalue weighted by atomic mass is 16.5. The molecule has 0 aromatic heterocycles. The summed E-state index contributed by atoms with van der Waals surface area (Å²) in [6.07, 6.45) is 2.49. The second-order valence-electron chi connectivity index (χ2n) is 4.99. The topological polar surface area (TPSA) is 26.3 Å². The zero-order valence-electron chi connectivity index (χ0n) is 10.6. The number of ether oxygens (including phenoxy) is 1. The van der Waals surface area contributed by atoms with E-state index in [1.54, 1.807) is 0 Å². The Hall–Kier alpha value is -1.57. The molecule has 0 bridgehead atoms. The van der Waals surface area contributed by atoms with Crippen molar-refractivity contribution in [2.75, 3.05) is 0 Å². The monoisotopic (exact) mass is 230 g/mol. The van der Waals surface area contributed by atoms with Gasteiger partial charge in [0, 0.05) is 5.92 Å². The van der Waals surface area contributed by atoms with Crippen molar-refractivity contribution in [2.45, 2.75) is 27.2 Å². The predicted molar refractivity (Wildman–Crippen MR) is 68.2 cm³/mol. The van der Waals surface area contributed by atoms with Crippen LogP contribution < -0.4 is 0 Å². The van der Waals surface area contributed by atoms with E-state index in [0.717, 1.165) is 11.3 Å². The van der Waals surface area contributed by atoms with Gasteiger partial charge >= 0.3 is 5.97 Å². The molecule has 1 atom stereocenters. The van der Waals surface area contributed by atoms with Gasteiger partial charge in [0.1, 0.15) is 5.76 Å². The van der Waals surface area contributed by atoms with Crippen LogP contribution in [-0.4, -0.2) is 5.97 Å². The van der Waals surface area contributed by atoms with Crippen molar-refractivity contribution in [1.82, 2.24) is 0 Å². The van der Waals surface area contributed by atoms with E-state index in [1.165, 1.54) is 5.56 Å². The molecular formula is C15H18O2. The fourth-order valence-corrected chi connectivity index (χ4v) is 2.06. The average Bonchev–Trinajstić information content (AvgIpc) is 2.63. The standard InChI is InChI=1S/C15H18O2/c1-10(2)13-9-15(16)17-14(13)8-12-6-4-11(3)5-7-12/h4-8,10,13H,9H2,1-3H3/b14-8-. The number of carbonyl (C=O) groups excluding carboxylic acids is 1. The summed E-state index contributed by atoms with van der Waals surface area (Å²) in [5.74, 6) is 1.36. The number of hydrogen-bond acceptors (Lipinski definition) is 2. The first-order valence-corrected chi connectivity index (χ1v) is 6.05. The Bertz CT molecular complexity index is 440. The molecule has 1 aliphatic rings. The van der Waals surface area contributed by atoms with E-state index in [0.29, 0.717) is 12.3 Å². The van der Waals surface area contributed by atoms with Crippen LogP contribution in [0.1, 0.15) is 31.4 Å². The molecule has 1 aromatic rings. The molecule has 0 radical (unpaired) electrons. The normalized spacial score (nSPS) is 22.2. The molecule has 0 spiro atoms. The number of allylic oxidation sites excluding steroid dienone is 1. The van der Waals surface area contributed by atoms with Crippen LogP contribution in [0.4, 0.5) is 0 Å². The van der Waals surface area contributed by atoms with Gasteiger partial charge < -0.3 is 4.74 Å². The van der Waals surface area contributed by atoms with E-state index in [9.17, 15) is 4.79 Å². The summed E-state index contributed by atoms with van der Waals surface area (Å²) in [5, 5.41) is 0. The van der Waals surface area contributed by atoms with Gasteiger partial charge in [-0.1, -0.05) is 43.7 Å². The van der Waals surface area contributed by atoms with Crippen LogP contribution in [0, 0.1) is 18.8 Å². The highest BCUT2D eigenvalue weighted by molar-refractivity contribution is 5.76. The van der Waals surface area contributed by atoms with E-state index < -0.39 is 0 Å². The average molecular weight is 230 g/mol. The molecule has 1 fully saturated rings. The fourth-order valence-electron chi connectivity index (χ4n) is 2.06. The van der Waals surface area contributed by atoms with Crippen LogP contribution in [-0.2, 0) is 9.53 Å². The smallest absolute Gasteiger partial charge is 0.311 e. The van der Waals surface area contributed by atoms with Crippen LogP contribution in [0.2, 0.25) is 0 Å². The van der Waals surface area contributed by atoms with Gasteiger partial charge in [-0.2, -0.15) is 0 Å². The Morgan fingerprint density at radius 1 is 1.29 bits per heavy atom. The molecule has 1 heterocycles. The zero-order chi connectivity index (χ0) is 12.4. The van der Waals surface area contributed by atoms with Gasteiger partial charge in [-0.15, -0.1) is 0 Å². The summed E-state index contributed by atoms with van der Waals surface area (Å²) >= 11 is 0. The van der Waals surface area contributed by atoms with Gasteiger partial charge in [0.25, 0.3) is 0 Å². The van der Waals surface area contributed by atoms with Gasteiger partial charge in [-0.05, 0) is 24.5 Å². The minimum atomic E-state index is -0.109. The second-order valence-corrected chi connectivity index (χ2v) is 4.99. The Morgan fingerprint density at radius 3 is 2.53 bits per heavy atom. The largest absolute Gasteiger partial charge is 0.431 e. The summed E-state index contributed by atoms with van der Waals surface area (Å²) in [6, 6.07) is 8.22. The quantitative estimate of drug-likeness (QED) is 0.726. The Labute approximate surface area is 102 Å². The lowest BCUT2D eigenvalue weighted by molar-refractivity contribution is -0.135. The van der Waals surface area contributed by atoms with Gasteiger partial charge in [0.2, 0.25) is 0 Å². The Morgan fingerprint density at radius 2 is 1.94 bits per heavy atom. The molecular weight excluding hydrogens is 212 g/mol. The van der Waals surface area contributed by atoms with Crippen LogP contribution in [0.5, 0.6) is 0 Å². The lowest BCUT2D eigenvalue weighted by Gasteiger charge is -2.12. The molecule has 0 N–H and O–H groups in total. The SMILES string of the molecule is Cc1ccc(/C=C2\OC(=O)CC2C(C)C)cc1. The Kier molecular flexibility index (Phi) is 3.32. The molecule has 2 heteroatoms. The third-order valence-electron chi connectivity index (χ3n) is 3.17. The van der Waals surface area contributed by atoms with Crippen molar-refractivity contribution in [3.8, 4) is 0 Å². The van der Waals surface area contributed by atoms with Crippen LogP contribution in [0.25, 0.3) is 6.08 Å². The summed E-state index contributed by atoms with van der Waals surface area (Å²) in [4.78, 5) is 11.3. The maximum absolute atomic E-state index is 11.3. The molecule has 90 valence electrons. The number of benzene rings is 1. The van der Waals surface area contributed by atoms with Gasteiger partial charge in [-0.25, -0.2) is 0 Å². The number of hydrogen-bond donors (Lipinski definition) is 0. The molecule has 2 rings (SSSR count). The molecule has 1 unspecified atom stereocenters. The number of rotatable bonds is 2. The number of aryl methyl sites for hydroxylation is 1. The molecule has 1 aromatic carbocycles. The first kappa shape index (κ1) is 11.9. The van der Waals surface area contributed by atoms with Crippen molar-refractivity contribution < 1.29 is 9.53 Å². The van der Waals surface area contributed by atoms with E-state index in [4.69, 9.17) is 4.74 Å². The van der Waals surface area contributed by atoms with Crippen LogP contribution >= 0.6 is 0 Å². The maximum Gasteiger partial charge on any atom is 0.311 e. The molecule has 0 aliphatic carbocycles. The lowest BCUT2D eigenvalue weighted by Crippen LogP contribution is -2.06. The maximum atomic E-state index is 11.3. The number of cyclic esters (lactones) is 1. The fraction of sp³-hybridized carbons (Fsp3) is 0.400. The third kappa shape index (κ3) is 2.76. The van der Waals surface area contributed by atoms with Crippen molar-refractivity contribution in [2.24, 2.45) is 11.8 Å². The summed E-state index contributed by atoms with van der Waals surface area (Å²) in [5.41, 5.74) is 2.32. The van der Waals surface area contributed by atoms with Gasteiger partial charge in [0.15, 0.2) is 0 Å². The van der Waals surface area contributed by atoms with Crippen LogP contribution in [0.3, 0.4) is 0 Å². The van der Waals surface area contributed by atoms with Crippen molar-refractivity contribution >= 4 is 12.0 Å². The van der Waals surface area contributed by atoms with Crippen LogP contribution in [0.15, 0.2) is 30.0 Å². The Balaban J connectivity index is 2.25.